The lowest BCUT2D eigenvalue weighted by atomic mass is 9.99. The average Bonchev–Trinajstić information content (AvgIpc) is 3.13. The highest BCUT2D eigenvalue weighted by Gasteiger charge is 2.27. The summed E-state index contributed by atoms with van der Waals surface area (Å²) < 4.78 is 27.9. The highest BCUT2D eigenvalue weighted by molar-refractivity contribution is 6.00. The second kappa shape index (κ2) is 15.6. The van der Waals surface area contributed by atoms with E-state index in [1.807, 2.05) is 13.8 Å². The molecule has 1 aliphatic rings. The quantitative estimate of drug-likeness (QED) is 0.294. The molecule has 0 spiro atoms. The van der Waals surface area contributed by atoms with Crippen LogP contribution >= 0.6 is 0 Å². The lowest BCUT2D eigenvalue weighted by Crippen LogP contribution is -2.52. The number of amides is 3. The molecule has 2 aromatic carbocycles. The van der Waals surface area contributed by atoms with Crippen LogP contribution in [0.4, 0.5) is 8.78 Å². The van der Waals surface area contributed by atoms with Gasteiger partial charge in [-0.05, 0) is 86.9 Å². The Morgan fingerprint density at radius 2 is 1.68 bits per heavy atom. The molecule has 4 N–H and O–H groups in total. The second-order valence-electron chi connectivity index (χ2n) is 10.8. The fourth-order valence-electron chi connectivity index (χ4n) is 5.13. The van der Waals surface area contributed by atoms with Crippen LogP contribution in [-0.2, 0) is 11.2 Å². The number of benzene rings is 2. The first-order valence-electron chi connectivity index (χ1n) is 14.5. The molecule has 2 aromatic rings. The Labute approximate surface area is 240 Å². The van der Waals surface area contributed by atoms with Gasteiger partial charge in [0, 0.05) is 43.4 Å². The molecule has 0 saturated carbocycles. The van der Waals surface area contributed by atoms with Crippen molar-refractivity contribution in [3.8, 4) is 0 Å². The summed E-state index contributed by atoms with van der Waals surface area (Å²) in [5, 5.41) is 19.8. The number of aryl methyl sites for hydroxylation is 1. The molecule has 1 saturated heterocycles. The van der Waals surface area contributed by atoms with Crippen LogP contribution in [0.3, 0.4) is 0 Å². The first-order chi connectivity index (χ1) is 19.6. The van der Waals surface area contributed by atoms with Gasteiger partial charge < -0.3 is 26.0 Å². The molecule has 1 aliphatic heterocycles. The third-order valence-electron chi connectivity index (χ3n) is 7.13. The standard InChI is InChI=1S/C31H42F2N4O4/c1-4-10-37(11-5-2)31(41)23-13-20(3)12-22(17-23)29(39)36-27(16-21-14-24(32)18-25(33)15-21)28(38)19-35-26-8-6-7-9-34-30(26)40/h12-15,17-18,26-28,35,38H,4-11,16,19H2,1-3H3,(H,34,40)(H,36,39)/t26?,27-,28+/m0/s1. The summed E-state index contributed by atoms with van der Waals surface area (Å²) in [7, 11) is 0. The molecule has 8 nitrogen and oxygen atoms in total. The first-order valence-corrected chi connectivity index (χ1v) is 14.5. The van der Waals surface area contributed by atoms with E-state index in [0.29, 0.717) is 31.6 Å². The van der Waals surface area contributed by atoms with Crippen LogP contribution in [0.2, 0.25) is 0 Å². The summed E-state index contributed by atoms with van der Waals surface area (Å²) in [5.74, 6) is -2.38. The molecular weight excluding hydrogens is 530 g/mol. The molecule has 224 valence electrons. The van der Waals surface area contributed by atoms with E-state index >= 15 is 0 Å². The van der Waals surface area contributed by atoms with E-state index < -0.39 is 35.7 Å². The number of rotatable bonds is 13. The molecule has 0 radical (unpaired) electrons. The SMILES string of the molecule is CCCN(CCC)C(=O)c1cc(C)cc(C(=O)N[C@@H](Cc2cc(F)cc(F)c2)[C@H](O)CNC2CCCCNC2=O)c1. The summed E-state index contributed by atoms with van der Waals surface area (Å²) in [6, 6.07) is 6.54. The van der Waals surface area contributed by atoms with Crippen molar-refractivity contribution in [1.29, 1.82) is 0 Å². The maximum absolute atomic E-state index is 13.9. The third kappa shape index (κ3) is 9.60. The number of aliphatic hydroxyl groups is 1. The number of aliphatic hydroxyl groups excluding tert-OH is 1. The Hall–Kier alpha value is -3.37. The largest absolute Gasteiger partial charge is 0.390 e. The van der Waals surface area contributed by atoms with Gasteiger partial charge in [0.05, 0.1) is 18.2 Å². The Morgan fingerprint density at radius 3 is 2.34 bits per heavy atom. The monoisotopic (exact) mass is 572 g/mol. The van der Waals surface area contributed by atoms with Crippen molar-refractivity contribution in [2.24, 2.45) is 0 Å². The van der Waals surface area contributed by atoms with Gasteiger partial charge in [0.2, 0.25) is 5.91 Å². The lowest BCUT2D eigenvalue weighted by Gasteiger charge is -2.27. The van der Waals surface area contributed by atoms with Gasteiger partial charge in [-0.3, -0.25) is 14.4 Å². The van der Waals surface area contributed by atoms with Gasteiger partial charge in [-0.15, -0.1) is 0 Å². The van der Waals surface area contributed by atoms with Crippen molar-refractivity contribution in [2.45, 2.75) is 77.5 Å². The number of nitrogens with one attached hydrogen (secondary N) is 3. The average molecular weight is 573 g/mol. The van der Waals surface area contributed by atoms with Crippen LogP contribution in [-0.4, -0.2) is 72.1 Å². The van der Waals surface area contributed by atoms with Crippen molar-refractivity contribution in [3.05, 3.63) is 70.3 Å². The molecular formula is C31H42F2N4O4. The molecule has 3 rings (SSSR count). The van der Waals surface area contributed by atoms with E-state index in [1.165, 1.54) is 6.07 Å². The highest BCUT2D eigenvalue weighted by Crippen LogP contribution is 2.16. The zero-order valence-electron chi connectivity index (χ0n) is 24.1. The summed E-state index contributed by atoms with van der Waals surface area (Å²) in [6.45, 7) is 7.57. The van der Waals surface area contributed by atoms with E-state index in [1.54, 1.807) is 24.0 Å². The Kier molecular flexibility index (Phi) is 12.2. The van der Waals surface area contributed by atoms with Crippen molar-refractivity contribution in [2.75, 3.05) is 26.2 Å². The molecule has 10 heteroatoms. The van der Waals surface area contributed by atoms with Gasteiger partial charge >= 0.3 is 0 Å². The van der Waals surface area contributed by atoms with Gasteiger partial charge in [0.25, 0.3) is 11.8 Å². The number of nitrogens with zero attached hydrogens (tertiary/aromatic N) is 1. The third-order valence-corrected chi connectivity index (χ3v) is 7.13. The van der Waals surface area contributed by atoms with Crippen LogP contribution < -0.4 is 16.0 Å². The minimum absolute atomic E-state index is 0.0264. The molecule has 0 aromatic heterocycles. The molecule has 3 amide bonds. The van der Waals surface area contributed by atoms with Gasteiger partial charge in [-0.25, -0.2) is 8.78 Å². The highest BCUT2D eigenvalue weighted by atomic mass is 19.1. The molecule has 1 fully saturated rings. The summed E-state index contributed by atoms with van der Waals surface area (Å²) in [5.41, 5.74) is 1.61. The fourth-order valence-corrected chi connectivity index (χ4v) is 5.13. The van der Waals surface area contributed by atoms with E-state index in [0.717, 1.165) is 49.4 Å². The molecule has 0 aliphatic carbocycles. The fraction of sp³-hybridized carbons (Fsp3) is 0.516. The summed E-state index contributed by atoms with van der Waals surface area (Å²) in [6.07, 6.45) is 2.69. The topological polar surface area (TPSA) is 111 Å². The van der Waals surface area contributed by atoms with Crippen molar-refractivity contribution < 1.29 is 28.3 Å². The van der Waals surface area contributed by atoms with Crippen molar-refractivity contribution in [3.63, 3.8) is 0 Å². The second-order valence-corrected chi connectivity index (χ2v) is 10.8. The van der Waals surface area contributed by atoms with Crippen LogP contribution in [0.5, 0.6) is 0 Å². The summed E-state index contributed by atoms with van der Waals surface area (Å²) >= 11 is 0. The number of hydrogen-bond acceptors (Lipinski definition) is 5. The minimum Gasteiger partial charge on any atom is -0.390 e. The van der Waals surface area contributed by atoms with Gasteiger partial charge in [0.1, 0.15) is 11.6 Å². The molecule has 1 heterocycles. The minimum atomic E-state index is -1.18. The van der Waals surface area contributed by atoms with Crippen LogP contribution in [0.25, 0.3) is 0 Å². The number of halogens is 2. The van der Waals surface area contributed by atoms with Crippen molar-refractivity contribution >= 4 is 17.7 Å². The first kappa shape index (κ1) is 32.1. The zero-order valence-corrected chi connectivity index (χ0v) is 24.1. The Morgan fingerprint density at radius 1 is 1.02 bits per heavy atom. The van der Waals surface area contributed by atoms with E-state index in [4.69, 9.17) is 0 Å². The molecule has 1 unspecified atom stereocenters. The van der Waals surface area contributed by atoms with E-state index in [-0.39, 0.29) is 35.9 Å². The van der Waals surface area contributed by atoms with Gasteiger partial charge in [-0.2, -0.15) is 0 Å². The predicted octanol–water partition coefficient (Wildman–Crippen LogP) is 3.50. The number of hydrogen-bond donors (Lipinski definition) is 4. The Balaban J connectivity index is 1.82. The zero-order chi connectivity index (χ0) is 29.9. The van der Waals surface area contributed by atoms with E-state index in [9.17, 15) is 28.3 Å². The van der Waals surface area contributed by atoms with Crippen LogP contribution in [0, 0.1) is 18.6 Å². The normalized spacial score (nSPS) is 16.8. The lowest BCUT2D eigenvalue weighted by molar-refractivity contribution is -0.123. The smallest absolute Gasteiger partial charge is 0.253 e. The Bertz CT molecular complexity index is 1180. The van der Waals surface area contributed by atoms with E-state index in [2.05, 4.69) is 16.0 Å². The maximum atomic E-state index is 13.9. The van der Waals surface area contributed by atoms with Crippen molar-refractivity contribution in [1.82, 2.24) is 20.9 Å². The predicted molar refractivity (Wildman–Crippen MR) is 154 cm³/mol. The maximum Gasteiger partial charge on any atom is 0.253 e. The van der Waals surface area contributed by atoms with Gasteiger partial charge in [-0.1, -0.05) is 13.8 Å². The number of carbonyl (C=O) groups excluding carboxylic acids is 3. The molecule has 3 atom stereocenters. The summed E-state index contributed by atoms with van der Waals surface area (Å²) in [4.78, 5) is 40.8. The molecule has 41 heavy (non-hydrogen) atoms. The number of carbonyl (C=O) groups is 3. The van der Waals surface area contributed by atoms with Gasteiger partial charge in [0.15, 0.2) is 0 Å². The van der Waals surface area contributed by atoms with Crippen LogP contribution in [0.15, 0.2) is 36.4 Å². The van der Waals surface area contributed by atoms with Crippen LogP contribution in [0.1, 0.15) is 77.8 Å². The molecule has 0 bridgehead atoms.